The standard InChI is InChI=1S/C10H11N3S/c11-9-3-1-4-10(7-9)14-8-13-6-2-5-12-13/h1-7H,8,11H2. The molecule has 1 aromatic carbocycles. The van der Waals surface area contributed by atoms with Gasteiger partial charge >= 0.3 is 0 Å². The summed E-state index contributed by atoms with van der Waals surface area (Å²) >= 11 is 1.71. The highest BCUT2D eigenvalue weighted by Gasteiger charge is 1.95. The summed E-state index contributed by atoms with van der Waals surface area (Å²) in [6.45, 7) is 0. The number of anilines is 1. The second kappa shape index (κ2) is 4.19. The number of nitrogens with two attached hydrogens (primary N) is 1. The fourth-order valence-electron chi connectivity index (χ4n) is 1.12. The molecule has 72 valence electrons. The van der Waals surface area contributed by atoms with E-state index in [2.05, 4.69) is 5.10 Å². The van der Waals surface area contributed by atoms with Crippen LogP contribution in [0.25, 0.3) is 0 Å². The van der Waals surface area contributed by atoms with Crippen LogP contribution in [0, 0.1) is 0 Å². The van der Waals surface area contributed by atoms with Gasteiger partial charge in [-0.1, -0.05) is 6.07 Å². The molecule has 4 heteroatoms. The van der Waals surface area contributed by atoms with Crippen molar-refractivity contribution < 1.29 is 0 Å². The molecule has 0 aliphatic heterocycles. The van der Waals surface area contributed by atoms with Gasteiger partial charge < -0.3 is 5.73 Å². The molecule has 0 bridgehead atoms. The van der Waals surface area contributed by atoms with E-state index in [4.69, 9.17) is 5.73 Å². The molecule has 14 heavy (non-hydrogen) atoms. The van der Waals surface area contributed by atoms with Gasteiger partial charge in [0.15, 0.2) is 0 Å². The zero-order chi connectivity index (χ0) is 9.80. The summed E-state index contributed by atoms with van der Waals surface area (Å²) in [5.41, 5.74) is 6.47. The van der Waals surface area contributed by atoms with Crippen LogP contribution in [0.5, 0.6) is 0 Å². The first-order chi connectivity index (χ1) is 6.84. The minimum atomic E-state index is 0.801. The van der Waals surface area contributed by atoms with E-state index in [1.165, 1.54) is 4.90 Å². The molecule has 1 aromatic heterocycles. The lowest BCUT2D eigenvalue weighted by molar-refractivity contribution is 0.751. The molecule has 0 aliphatic rings. The van der Waals surface area contributed by atoms with Crippen LogP contribution >= 0.6 is 11.8 Å². The van der Waals surface area contributed by atoms with Gasteiger partial charge in [-0.25, -0.2) is 0 Å². The Morgan fingerprint density at radius 2 is 2.29 bits per heavy atom. The number of nitrogen functional groups attached to an aromatic ring is 1. The molecular weight excluding hydrogens is 194 g/mol. The Bertz CT molecular complexity index is 398. The highest BCUT2D eigenvalue weighted by atomic mass is 32.2. The smallest absolute Gasteiger partial charge is 0.0909 e. The predicted molar refractivity (Wildman–Crippen MR) is 58.9 cm³/mol. The van der Waals surface area contributed by atoms with E-state index in [1.54, 1.807) is 18.0 Å². The van der Waals surface area contributed by atoms with Crippen molar-refractivity contribution in [2.75, 3.05) is 5.73 Å². The SMILES string of the molecule is Nc1cccc(SCn2cccn2)c1. The second-order valence-corrected chi connectivity index (χ2v) is 3.91. The van der Waals surface area contributed by atoms with E-state index >= 15 is 0 Å². The van der Waals surface area contributed by atoms with Crippen LogP contribution in [0.4, 0.5) is 5.69 Å². The Balaban J connectivity index is 1.98. The highest BCUT2D eigenvalue weighted by Crippen LogP contribution is 2.21. The lowest BCUT2D eigenvalue weighted by Crippen LogP contribution is -1.93. The van der Waals surface area contributed by atoms with Crippen molar-refractivity contribution in [3.63, 3.8) is 0 Å². The summed E-state index contributed by atoms with van der Waals surface area (Å²) in [6.07, 6.45) is 3.72. The van der Waals surface area contributed by atoms with E-state index in [0.29, 0.717) is 0 Å². The molecular formula is C10H11N3S. The van der Waals surface area contributed by atoms with E-state index in [0.717, 1.165) is 11.6 Å². The summed E-state index contributed by atoms with van der Waals surface area (Å²) in [5, 5.41) is 4.12. The van der Waals surface area contributed by atoms with Crippen molar-refractivity contribution in [2.45, 2.75) is 10.8 Å². The molecule has 0 atom stereocenters. The van der Waals surface area contributed by atoms with Crippen LogP contribution in [-0.4, -0.2) is 9.78 Å². The van der Waals surface area contributed by atoms with Crippen molar-refractivity contribution >= 4 is 17.4 Å². The first-order valence-corrected chi connectivity index (χ1v) is 5.29. The second-order valence-electron chi connectivity index (χ2n) is 2.89. The third-order valence-corrected chi connectivity index (χ3v) is 2.76. The van der Waals surface area contributed by atoms with Gasteiger partial charge in [0.25, 0.3) is 0 Å². The Hall–Kier alpha value is -1.42. The van der Waals surface area contributed by atoms with Crippen LogP contribution in [0.2, 0.25) is 0 Å². The minimum absolute atomic E-state index is 0.801. The average Bonchev–Trinajstić information content (AvgIpc) is 2.67. The van der Waals surface area contributed by atoms with Gasteiger partial charge in [-0.05, 0) is 24.3 Å². The molecule has 0 aliphatic carbocycles. The number of benzene rings is 1. The van der Waals surface area contributed by atoms with Gasteiger partial charge in [0.1, 0.15) is 0 Å². The molecule has 0 radical (unpaired) electrons. The number of rotatable bonds is 3. The monoisotopic (exact) mass is 205 g/mol. The van der Waals surface area contributed by atoms with Crippen LogP contribution in [0.1, 0.15) is 0 Å². The number of aromatic nitrogens is 2. The summed E-state index contributed by atoms with van der Waals surface area (Å²) in [5.74, 6) is 0.816. The summed E-state index contributed by atoms with van der Waals surface area (Å²) in [7, 11) is 0. The molecule has 0 amide bonds. The van der Waals surface area contributed by atoms with Crippen molar-refractivity contribution in [3.05, 3.63) is 42.7 Å². The predicted octanol–water partition coefficient (Wildman–Crippen LogP) is 2.22. The number of nitrogens with zero attached hydrogens (tertiary/aromatic N) is 2. The van der Waals surface area contributed by atoms with Crippen molar-refractivity contribution in [1.82, 2.24) is 9.78 Å². The first kappa shape index (κ1) is 9.15. The van der Waals surface area contributed by atoms with Gasteiger partial charge in [0, 0.05) is 23.0 Å². The molecule has 0 saturated carbocycles. The molecule has 0 saturated heterocycles. The highest BCUT2D eigenvalue weighted by molar-refractivity contribution is 7.98. The maximum Gasteiger partial charge on any atom is 0.0909 e. The van der Waals surface area contributed by atoms with Gasteiger partial charge in [-0.2, -0.15) is 5.10 Å². The van der Waals surface area contributed by atoms with Crippen LogP contribution < -0.4 is 5.73 Å². The lowest BCUT2D eigenvalue weighted by Gasteiger charge is -2.02. The molecule has 1 heterocycles. The normalized spacial score (nSPS) is 10.3. The Morgan fingerprint density at radius 3 is 3.00 bits per heavy atom. The summed E-state index contributed by atoms with van der Waals surface area (Å²) in [4.78, 5) is 1.17. The van der Waals surface area contributed by atoms with Gasteiger partial charge in [0.05, 0.1) is 5.88 Å². The Morgan fingerprint density at radius 1 is 1.36 bits per heavy atom. The van der Waals surface area contributed by atoms with Gasteiger partial charge in [0.2, 0.25) is 0 Å². The Labute approximate surface area is 86.9 Å². The minimum Gasteiger partial charge on any atom is -0.399 e. The molecule has 2 rings (SSSR count). The zero-order valence-corrected chi connectivity index (χ0v) is 8.45. The number of hydrogen-bond donors (Lipinski definition) is 1. The quantitative estimate of drug-likeness (QED) is 0.617. The topological polar surface area (TPSA) is 43.8 Å². The summed E-state index contributed by atoms with van der Waals surface area (Å²) < 4.78 is 1.88. The largest absolute Gasteiger partial charge is 0.399 e. The number of hydrogen-bond acceptors (Lipinski definition) is 3. The fourth-order valence-corrected chi connectivity index (χ4v) is 1.95. The Kier molecular flexibility index (Phi) is 2.74. The fraction of sp³-hybridized carbons (Fsp3) is 0.100. The zero-order valence-electron chi connectivity index (χ0n) is 7.63. The summed E-state index contributed by atoms with van der Waals surface area (Å²) in [6, 6.07) is 9.78. The molecule has 0 spiro atoms. The maximum absolute atomic E-state index is 5.67. The molecule has 0 fully saturated rings. The molecule has 2 aromatic rings. The van der Waals surface area contributed by atoms with Crippen LogP contribution in [0.3, 0.4) is 0 Å². The first-order valence-electron chi connectivity index (χ1n) is 4.30. The van der Waals surface area contributed by atoms with E-state index in [9.17, 15) is 0 Å². The number of thioether (sulfide) groups is 1. The third-order valence-electron chi connectivity index (χ3n) is 1.78. The van der Waals surface area contributed by atoms with Gasteiger partial charge in [-0.3, -0.25) is 4.68 Å². The average molecular weight is 205 g/mol. The molecule has 3 nitrogen and oxygen atoms in total. The third kappa shape index (κ3) is 2.29. The van der Waals surface area contributed by atoms with Gasteiger partial charge in [-0.15, -0.1) is 11.8 Å². The van der Waals surface area contributed by atoms with Crippen molar-refractivity contribution in [2.24, 2.45) is 0 Å². The van der Waals surface area contributed by atoms with Crippen LogP contribution in [-0.2, 0) is 5.88 Å². The molecule has 2 N–H and O–H groups in total. The van der Waals surface area contributed by atoms with E-state index < -0.39 is 0 Å². The van der Waals surface area contributed by atoms with Crippen LogP contribution in [0.15, 0.2) is 47.6 Å². The van der Waals surface area contributed by atoms with E-state index in [-0.39, 0.29) is 0 Å². The maximum atomic E-state index is 5.67. The van der Waals surface area contributed by atoms with Crippen molar-refractivity contribution in [1.29, 1.82) is 0 Å². The lowest BCUT2D eigenvalue weighted by atomic mass is 10.3. The van der Waals surface area contributed by atoms with Crippen molar-refractivity contribution in [3.8, 4) is 0 Å². The van der Waals surface area contributed by atoms with E-state index in [1.807, 2.05) is 41.2 Å². The molecule has 0 unspecified atom stereocenters.